The van der Waals surface area contributed by atoms with E-state index in [1.807, 2.05) is 0 Å². The van der Waals surface area contributed by atoms with Gasteiger partial charge in [0.15, 0.2) is 0 Å². The summed E-state index contributed by atoms with van der Waals surface area (Å²) in [6, 6.07) is 0. The maximum atomic E-state index is 12.8. The third kappa shape index (κ3) is 31.0. The first-order valence-corrected chi connectivity index (χ1v) is 25.6. The summed E-state index contributed by atoms with van der Waals surface area (Å²) in [4.78, 5) is 23.2. The molecule has 0 bridgehead atoms. The molecule has 1 rings (SSSR count). The molecule has 13 heteroatoms. The Kier molecular flexibility index (Phi) is 36.9. The van der Waals surface area contributed by atoms with Crippen molar-refractivity contribution in [1.29, 1.82) is 0 Å². The van der Waals surface area contributed by atoms with Crippen LogP contribution in [0.2, 0.25) is 0 Å². The topological polar surface area (TPSA) is 192 Å². The van der Waals surface area contributed by atoms with Crippen LogP contribution in [0.3, 0.4) is 0 Å². The number of esters is 1. The molecule has 0 heterocycles. The number of carbonyl (C=O) groups excluding carboxylic acids is 1. The largest absolute Gasteiger partial charge is 0.472 e. The van der Waals surface area contributed by atoms with Crippen LogP contribution in [0.1, 0.15) is 181 Å². The summed E-state index contributed by atoms with van der Waals surface area (Å²) >= 11 is 0. The predicted molar refractivity (Wildman–Crippen MR) is 248 cm³/mol. The second-order valence-electron chi connectivity index (χ2n) is 16.6. The van der Waals surface area contributed by atoms with Crippen LogP contribution >= 0.6 is 7.82 Å². The second-order valence-corrected chi connectivity index (χ2v) is 18.0. The van der Waals surface area contributed by atoms with Gasteiger partial charge >= 0.3 is 13.8 Å². The standard InChI is InChI=1S/C49H87O12P/c1-3-5-7-9-11-13-15-17-19-21-23-25-27-29-31-33-35-37-39-58-40-42(41-59-62(56,57)61-49-47(54)45(52)44(51)46(53)48(49)55)60-43(50)38-36-34-32-30-28-26-24-22-20-18-16-14-12-10-8-6-4-2/h5,7,11,13,17-20,23,25,42,44-49,51-55H,3-4,6,8-10,12,14-16,21-22,24,26-41H2,1-2H3,(H,56,57)/b7-5-,13-11-,19-17-,20-18-,25-23-. The van der Waals surface area contributed by atoms with E-state index in [4.69, 9.17) is 18.5 Å². The zero-order chi connectivity index (χ0) is 45.5. The Morgan fingerprint density at radius 1 is 0.532 bits per heavy atom. The number of ether oxygens (including phenoxy) is 2. The first-order chi connectivity index (χ1) is 30.0. The van der Waals surface area contributed by atoms with Crippen molar-refractivity contribution >= 4 is 13.8 Å². The van der Waals surface area contributed by atoms with Crippen molar-refractivity contribution in [2.24, 2.45) is 0 Å². The van der Waals surface area contributed by atoms with E-state index in [0.717, 1.165) is 96.3 Å². The molecule has 6 unspecified atom stereocenters. The summed E-state index contributed by atoms with van der Waals surface area (Å²) < 4.78 is 34.2. The minimum atomic E-state index is -5.03. The molecule has 6 N–H and O–H groups in total. The van der Waals surface area contributed by atoms with Gasteiger partial charge in [0.2, 0.25) is 0 Å². The number of phosphoric acid groups is 1. The lowest BCUT2D eigenvalue weighted by Crippen LogP contribution is -2.64. The lowest BCUT2D eigenvalue weighted by Gasteiger charge is -2.41. The molecule has 1 saturated carbocycles. The van der Waals surface area contributed by atoms with Gasteiger partial charge in [-0.3, -0.25) is 13.8 Å². The van der Waals surface area contributed by atoms with Crippen LogP contribution in [0.15, 0.2) is 60.8 Å². The second kappa shape index (κ2) is 39.4. The van der Waals surface area contributed by atoms with Gasteiger partial charge in [0.25, 0.3) is 0 Å². The molecule has 1 fully saturated rings. The number of allylic oxidation sites excluding steroid dienone is 10. The third-order valence-corrected chi connectivity index (χ3v) is 11.9. The summed E-state index contributed by atoms with van der Waals surface area (Å²) in [5.74, 6) is -0.491. The van der Waals surface area contributed by atoms with Crippen molar-refractivity contribution in [3.63, 3.8) is 0 Å². The first kappa shape index (κ1) is 58.1. The molecule has 360 valence electrons. The van der Waals surface area contributed by atoms with Crippen LogP contribution in [-0.2, 0) is 27.9 Å². The first-order valence-electron chi connectivity index (χ1n) is 24.1. The van der Waals surface area contributed by atoms with Gasteiger partial charge in [-0.2, -0.15) is 0 Å². The molecule has 0 amide bonds. The van der Waals surface area contributed by atoms with Gasteiger partial charge < -0.3 is 39.9 Å². The highest BCUT2D eigenvalue weighted by Gasteiger charge is 2.51. The Morgan fingerprint density at radius 3 is 1.47 bits per heavy atom. The molecule has 0 spiro atoms. The Balaban J connectivity index is 2.40. The van der Waals surface area contributed by atoms with Gasteiger partial charge in [-0.25, -0.2) is 4.57 Å². The zero-order valence-corrected chi connectivity index (χ0v) is 39.3. The Hall–Kier alpha value is -1.96. The summed E-state index contributed by atoms with van der Waals surface area (Å²) in [5.41, 5.74) is 0. The summed E-state index contributed by atoms with van der Waals surface area (Å²) in [6.07, 6.45) is 37.1. The molecule has 1 aliphatic rings. The molecule has 0 saturated heterocycles. The van der Waals surface area contributed by atoms with Crippen LogP contribution in [-0.4, -0.2) is 98.9 Å². The summed E-state index contributed by atoms with van der Waals surface area (Å²) in [5, 5.41) is 50.2. The molecule has 12 nitrogen and oxygen atoms in total. The van der Waals surface area contributed by atoms with Crippen molar-refractivity contribution in [3.8, 4) is 0 Å². The van der Waals surface area contributed by atoms with Crippen LogP contribution in [0.5, 0.6) is 0 Å². The van der Waals surface area contributed by atoms with Crippen molar-refractivity contribution in [1.82, 2.24) is 0 Å². The number of hydrogen-bond donors (Lipinski definition) is 6. The number of rotatable bonds is 40. The number of phosphoric ester groups is 1. The fourth-order valence-corrected chi connectivity index (χ4v) is 8.02. The minimum absolute atomic E-state index is 0.0931. The van der Waals surface area contributed by atoms with E-state index >= 15 is 0 Å². The highest BCUT2D eigenvalue weighted by Crippen LogP contribution is 2.47. The normalized spacial score (nSPS) is 22.5. The van der Waals surface area contributed by atoms with Crippen molar-refractivity contribution in [3.05, 3.63) is 60.8 Å². The molecule has 0 aromatic carbocycles. The van der Waals surface area contributed by atoms with E-state index in [-0.39, 0.29) is 13.0 Å². The van der Waals surface area contributed by atoms with E-state index in [9.17, 15) is 39.8 Å². The van der Waals surface area contributed by atoms with Crippen LogP contribution in [0.25, 0.3) is 0 Å². The average molecular weight is 899 g/mol. The SMILES string of the molecule is CC/C=C\C/C=C\C/C=C\C/C=C\CCCCCCCOCC(COP(=O)(O)OC1C(O)C(O)C(O)C(O)C1O)OC(=O)CCCCCCCCC/C=C\CCCCCCCC. The van der Waals surface area contributed by atoms with Crippen molar-refractivity contribution < 1.29 is 58.3 Å². The van der Waals surface area contributed by atoms with E-state index in [0.29, 0.717) is 13.0 Å². The van der Waals surface area contributed by atoms with E-state index in [1.165, 1.54) is 57.8 Å². The van der Waals surface area contributed by atoms with Crippen molar-refractivity contribution in [2.45, 2.75) is 224 Å². The van der Waals surface area contributed by atoms with Gasteiger partial charge in [0.05, 0.1) is 13.2 Å². The number of unbranched alkanes of at least 4 members (excludes halogenated alkanes) is 18. The number of carbonyl (C=O) groups is 1. The highest BCUT2D eigenvalue weighted by molar-refractivity contribution is 7.47. The predicted octanol–water partition coefficient (Wildman–Crippen LogP) is 10.2. The van der Waals surface area contributed by atoms with Gasteiger partial charge in [-0.15, -0.1) is 0 Å². The molecular formula is C49H87O12P. The third-order valence-electron chi connectivity index (χ3n) is 10.9. The Morgan fingerprint density at radius 2 is 0.952 bits per heavy atom. The lowest BCUT2D eigenvalue weighted by molar-refractivity contribution is -0.220. The molecule has 0 aliphatic heterocycles. The van der Waals surface area contributed by atoms with E-state index < -0.39 is 63.1 Å². The molecular weight excluding hydrogens is 812 g/mol. The van der Waals surface area contributed by atoms with Crippen LogP contribution < -0.4 is 0 Å². The maximum absolute atomic E-state index is 12.8. The van der Waals surface area contributed by atoms with E-state index in [2.05, 4.69) is 74.6 Å². The summed E-state index contributed by atoms with van der Waals surface area (Å²) in [6.45, 7) is 4.10. The van der Waals surface area contributed by atoms with E-state index in [1.54, 1.807) is 0 Å². The number of aliphatic hydroxyl groups excluding tert-OH is 5. The fraction of sp³-hybridized carbons (Fsp3) is 0.776. The monoisotopic (exact) mass is 899 g/mol. The maximum Gasteiger partial charge on any atom is 0.472 e. The van der Waals surface area contributed by atoms with Crippen LogP contribution in [0, 0.1) is 0 Å². The molecule has 6 atom stereocenters. The van der Waals surface area contributed by atoms with Crippen molar-refractivity contribution in [2.75, 3.05) is 19.8 Å². The smallest absolute Gasteiger partial charge is 0.457 e. The minimum Gasteiger partial charge on any atom is -0.457 e. The van der Waals surface area contributed by atoms with Gasteiger partial charge in [0, 0.05) is 13.0 Å². The Bertz CT molecular complexity index is 1250. The molecule has 0 radical (unpaired) electrons. The number of aliphatic hydroxyl groups is 5. The Labute approximate surface area is 375 Å². The van der Waals surface area contributed by atoms with Gasteiger partial charge in [-0.1, -0.05) is 158 Å². The van der Waals surface area contributed by atoms with Gasteiger partial charge in [0.1, 0.15) is 42.7 Å². The van der Waals surface area contributed by atoms with Gasteiger partial charge in [-0.05, 0) is 77.0 Å². The number of hydrogen-bond acceptors (Lipinski definition) is 11. The average Bonchev–Trinajstić information content (AvgIpc) is 3.26. The lowest BCUT2D eigenvalue weighted by atomic mass is 9.85. The van der Waals surface area contributed by atoms with Crippen LogP contribution in [0.4, 0.5) is 0 Å². The summed E-state index contributed by atoms with van der Waals surface area (Å²) in [7, 11) is -5.03. The zero-order valence-electron chi connectivity index (χ0n) is 38.4. The fourth-order valence-electron chi connectivity index (χ4n) is 7.05. The quantitative estimate of drug-likeness (QED) is 0.0148. The molecule has 1 aliphatic carbocycles. The molecule has 62 heavy (non-hydrogen) atoms. The molecule has 0 aromatic heterocycles. The molecule has 0 aromatic rings. The highest BCUT2D eigenvalue weighted by atomic mass is 31.2.